The minimum absolute atomic E-state index is 0.144. The van der Waals surface area contributed by atoms with Gasteiger partial charge in [0.15, 0.2) is 0 Å². The molecule has 0 aromatic carbocycles. The molecule has 1 aromatic heterocycles. The highest BCUT2D eigenvalue weighted by molar-refractivity contribution is 5.68. The van der Waals surface area contributed by atoms with E-state index in [1.165, 1.54) is 13.5 Å². The van der Waals surface area contributed by atoms with Crippen molar-refractivity contribution in [1.29, 1.82) is 0 Å². The van der Waals surface area contributed by atoms with Crippen LogP contribution < -0.4 is 0 Å². The fourth-order valence-electron chi connectivity index (χ4n) is 4.86. The second-order valence-electron chi connectivity index (χ2n) is 7.82. The van der Waals surface area contributed by atoms with Crippen LogP contribution in [0.5, 0.6) is 0 Å². The number of methoxy groups -OCH3 is 1. The normalized spacial score (nSPS) is 36.8. The summed E-state index contributed by atoms with van der Waals surface area (Å²) >= 11 is 0. The van der Waals surface area contributed by atoms with Crippen molar-refractivity contribution in [3.8, 4) is 0 Å². The van der Waals surface area contributed by atoms with E-state index in [9.17, 15) is 4.79 Å². The van der Waals surface area contributed by atoms with Crippen molar-refractivity contribution in [2.45, 2.75) is 69.1 Å². The summed E-state index contributed by atoms with van der Waals surface area (Å²) in [7, 11) is 1.45. The third-order valence-electron chi connectivity index (χ3n) is 6.40. The van der Waals surface area contributed by atoms with Gasteiger partial charge in [0.25, 0.3) is 0 Å². The van der Waals surface area contributed by atoms with Gasteiger partial charge < -0.3 is 14.4 Å². The standard InChI is InChI=1S/C19H27N3O3/c1-13-4-5-15(22(13)18(23)24-2)12-25-16-6-7-19(11-14(19)10-16)17-20-8-3-9-21-17/h3,8-9,13-16H,4-7,10-12H2,1-2H3. The van der Waals surface area contributed by atoms with E-state index < -0.39 is 0 Å². The smallest absolute Gasteiger partial charge is 0.410 e. The lowest BCUT2D eigenvalue weighted by Gasteiger charge is -2.31. The van der Waals surface area contributed by atoms with E-state index in [0.717, 1.165) is 37.9 Å². The zero-order chi connectivity index (χ0) is 17.4. The molecule has 0 N–H and O–H groups in total. The largest absolute Gasteiger partial charge is 0.453 e. The Kier molecular flexibility index (Phi) is 4.40. The van der Waals surface area contributed by atoms with Crippen LogP contribution in [0.4, 0.5) is 4.79 Å². The molecule has 3 fully saturated rings. The van der Waals surface area contributed by atoms with Crippen LogP contribution in [0.25, 0.3) is 0 Å². The van der Waals surface area contributed by atoms with Crippen molar-refractivity contribution in [2.75, 3.05) is 13.7 Å². The molecule has 2 aliphatic carbocycles. The number of amides is 1. The van der Waals surface area contributed by atoms with Gasteiger partial charge in [-0.25, -0.2) is 14.8 Å². The zero-order valence-electron chi connectivity index (χ0n) is 15.1. The summed E-state index contributed by atoms with van der Waals surface area (Å²) in [4.78, 5) is 22.8. The Bertz CT molecular complexity index is 626. The fraction of sp³-hybridized carbons (Fsp3) is 0.737. The van der Waals surface area contributed by atoms with Crippen LogP contribution in [0, 0.1) is 5.92 Å². The van der Waals surface area contributed by atoms with E-state index >= 15 is 0 Å². The Labute approximate surface area is 148 Å². The number of hydrogen-bond donors (Lipinski definition) is 0. The molecule has 3 aliphatic rings. The second-order valence-corrected chi connectivity index (χ2v) is 7.82. The maximum Gasteiger partial charge on any atom is 0.410 e. The molecule has 2 saturated carbocycles. The van der Waals surface area contributed by atoms with Crippen LogP contribution in [0.1, 0.15) is 51.3 Å². The molecular weight excluding hydrogens is 318 g/mol. The minimum atomic E-state index is -0.232. The van der Waals surface area contributed by atoms with Crippen molar-refractivity contribution in [1.82, 2.24) is 14.9 Å². The zero-order valence-corrected chi connectivity index (χ0v) is 15.1. The van der Waals surface area contributed by atoms with E-state index in [2.05, 4.69) is 16.9 Å². The van der Waals surface area contributed by atoms with Gasteiger partial charge in [0.05, 0.1) is 25.9 Å². The van der Waals surface area contributed by atoms with Crippen LogP contribution in [0.3, 0.4) is 0 Å². The lowest BCUT2D eigenvalue weighted by atomic mass is 9.86. The van der Waals surface area contributed by atoms with E-state index in [1.54, 1.807) is 0 Å². The molecule has 2 heterocycles. The molecule has 5 unspecified atom stereocenters. The number of aromatic nitrogens is 2. The average Bonchev–Trinajstić information content (AvgIpc) is 3.28. The Balaban J connectivity index is 1.31. The number of carbonyl (C=O) groups is 1. The number of hydrogen-bond acceptors (Lipinski definition) is 5. The highest BCUT2D eigenvalue weighted by atomic mass is 16.5. The molecule has 6 nitrogen and oxygen atoms in total. The van der Waals surface area contributed by atoms with Gasteiger partial charge in [-0.15, -0.1) is 0 Å². The molecule has 0 radical (unpaired) electrons. The van der Waals surface area contributed by atoms with E-state index in [1.807, 2.05) is 23.4 Å². The van der Waals surface area contributed by atoms with Gasteiger partial charge in [-0.3, -0.25) is 0 Å². The highest BCUT2D eigenvalue weighted by Crippen LogP contribution is 2.61. The molecule has 6 heteroatoms. The molecule has 25 heavy (non-hydrogen) atoms. The summed E-state index contributed by atoms with van der Waals surface area (Å²) in [5, 5.41) is 0. The molecular formula is C19H27N3O3. The van der Waals surface area contributed by atoms with Crippen LogP contribution in [-0.2, 0) is 14.9 Å². The van der Waals surface area contributed by atoms with Crippen LogP contribution in [-0.4, -0.2) is 52.9 Å². The van der Waals surface area contributed by atoms with E-state index in [-0.39, 0.29) is 23.6 Å². The van der Waals surface area contributed by atoms with Crippen LogP contribution in [0.2, 0.25) is 0 Å². The first kappa shape index (κ1) is 16.8. The van der Waals surface area contributed by atoms with Crippen molar-refractivity contribution < 1.29 is 14.3 Å². The lowest BCUT2D eigenvalue weighted by molar-refractivity contribution is -0.00747. The minimum Gasteiger partial charge on any atom is -0.453 e. The van der Waals surface area contributed by atoms with Gasteiger partial charge in [0.1, 0.15) is 5.82 Å². The average molecular weight is 345 g/mol. The molecule has 136 valence electrons. The maximum absolute atomic E-state index is 12.0. The van der Waals surface area contributed by atoms with Gasteiger partial charge in [0.2, 0.25) is 0 Å². The first-order valence-corrected chi connectivity index (χ1v) is 9.39. The van der Waals surface area contributed by atoms with Crippen molar-refractivity contribution in [2.24, 2.45) is 5.92 Å². The lowest BCUT2D eigenvalue weighted by Crippen LogP contribution is -2.43. The van der Waals surface area contributed by atoms with Crippen molar-refractivity contribution >= 4 is 6.09 Å². The van der Waals surface area contributed by atoms with Gasteiger partial charge in [0, 0.05) is 23.9 Å². The number of ether oxygens (including phenoxy) is 2. The van der Waals surface area contributed by atoms with Gasteiger partial charge in [-0.05, 0) is 57.4 Å². The third-order valence-corrected chi connectivity index (χ3v) is 6.40. The number of carbonyl (C=O) groups excluding carboxylic acids is 1. The van der Waals surface area contributed by atoms with Gasteiger partial charge in [-0.1, -0.05) is 0 Å². The SMILES string of the molecule is COC(=O)N1C(C)CCC1COC1CCC2(c3ncccn3)CC2C1. The Morgan fingerprint density at radius 1 is 1.32 bits per heavy atom. The molecule has 1 saturated heterocycles. The predicted molar refractivity (Wildman–Crippen MR) is 92.1 cm³/mol. The Morgan fingerprint density at radius 2 is 2.12 bits per heavy atom. The van der Waals surface area contributed by atoms with Crippen molar-refractivity contribution in [3.63, 3.8) is 0 Å². The fourth-order valence-corrected chi connectivity index (χ4v) is 4.86. The predicted octanol–water partition coefficient (Wildman–Crippen LogP) is 2.92. The first-order valence-electron chi connectivity index (χ1n) is 9.39. The summed E-state index contributed by atoms with van der Waals surface area (Å²) in [6.07, 6.45) is 10.2. The quantitative estimate of drug-likeness (QED) is 0.839. The molecule has 1 aromatic rings. The van der Waals surface area contributed by atoms with Crippen molar-refractivity contribution in [3.05, 3.63) is 24.3 Å². The molecule has 5 atom stereocenters. The summed E-state index contributed by atoms with van der Waals surface area (Å²) < 4.78 is 11.2. The Morgan fingerprint density at radius 3 is 2.84 bits per heavy atom. The number of rotatable bonds is 4. The highest BCUT2D eigenvalue weighted by Gasteiger charge is 2.59. The van der Waals surface area contributed by atoms with E-state index in [0.29, 0.717) is 18.6 Å². The van der Waals surface area contributed by atoms with E-state index in [4.69, 9.17) is 9.47 Å². The summed E-state index contributed by atoms with van der Waals surface area (Å²) in [6, 6.07) is 2.26. The Hall–Kier alpha value is -1.69. The topological polar surface area (TPSA) is 64.5 Å². The molecule has 0 spiro atoms. The second kappa shape index (κ2) is 6.56. The molecule has 0 bridgehead atoms. The molecule has 1 amide bonds. The number of likely N-dealkylation sites (tertiary alicyclic amines) is 1. The third kappa shape index (κ3) is 3.01. The van der Waals surface area contributed by atoms with Gasteiger partial charge in [-0.2, -0.15) is 0 Å². The maximum atomic E-state index is 12.0. The molecule has 4 rings (SSSR count). The summed E-state index contributed by atoms with van der Waals surface area (Å²) in [5.74, 6) is 1.66. The summed E-state index contributed by atoms with van der Waals surface area (Å²) in [5.41, 5.74) is 0.209. The van der Waals surface area contributed by atoms with Crippen LogP contribution in [0.15, 0.2) is 18.5 Å². The number of fused-ring (bicyclic) bond motifs is 1. The number of nitrogens with zero attached hydrogens (tertiary/aromatic N) is 3. The molecule has 1 aliphatic heterocycles. The first-order chi connectivity index (χ1) is 12.1. The van der Waals surface area contributed by atoms with Gasteiger partial charge >= 0.3 is 6.09 Å². The monoisotopic (exact) mass is 345 g/mol. The summed E-state index contributed by atoms with van der Waals surface area (Å²) in [6.45, 7) is 2.70. The van der Waals surface area contributed by atoms with Crippen LogP contribution >= 0.6 is 0 Å².